The Labute approximate surface area is 149 Å². The van der Waals surface area contributed by atoms with Crippen LogP contribution in [-0.2, 0) is 13.0 Å². The number of aromatic hydroxyl groups is 1. The van der Waals surface area contributed by atoms with Gasteiger partial charge in [0, 0.05) is 18.0 Å². The molecule has 0 atom stereocenters. The van der Waals surface area contributed by atoms with Gasteiger partial charge in [-0.15, -0.1) is 11.3 Å². The van der Waals surface area contributed by atoms with E-state index in [2.05, 4.69) is 35.8 Å². The smallest absolute Gasteiger partial charge is 0.257 e. The van der Waals surface area contributed by atoms with Crippen molar-refractivity contribution in [2.45, 2.75) is 39.2 Å². The highest BCUT2D eigenvalue weighted by molar-refractivity contribution is 9.11. The van der Waals surface area contributed by atoms with Crippen molar-refractivity contribution in [1.82, 2.24) is 4.90 Å². The van der Waals surface area contributed by atoms with Gasteiger partial charge in [0.1, 0.15) is 5.75 Å². The number of benzene rings is 1. The first-order valence-electron chi connectivity index (χ1n) is 7.85. The maximum atomic E-state index is 12.8. The Morgan fingerprint density at radius 1 is 1.35 bits per heavy atom. The number of aryl methyl sites for hydroxylation is 1. The van der Waals surface area contributed by atoms with E-state index in [-0.39, 0.29) is 11.7 Å². The van der Waals surface area contributed by atoms with Crippen molar-refractivity contribution in [3.8, 4) is 5.75 Å². The number of fused-ring (bicyclic) bond motifs is 1. The number of rotatable bonds is 2. The summed E-state index contributed by atoms with van der Waals surface area (Å²) in [6.07, 6.45) is 1.96. The van der Waals surface area contributed by atoms with Crippen molar-refractivity contribution in [3.63, 3.8) is 0 Å². The Bertz CT molecular complexity index is 739. The highest BCUT2D eigenvalue weighted by Gasteiger charge is 2.23. The van der Waals surface area contributed by atoms with Crippen LogP contribution >= 0.6 is 27.3 Å². The normalized spacial score (nSPS) is 14.7. The minimum absolute atomic E-state index is 0.0807. The molecule has 3 rings (SSSR count). The van der Waals surface area contributed by atoms with Crippen LogP contribution in [0.4, 0.5) is 0 Å². The molecule has 0 saturated carbocycles. The van der Waals surface area contributed by atoms with E-state index in [1.54, 1.807) is 23.5 Å². The van der Waals surface area contributed by atoms with Crippen molar-refractivity contribution in [2.24, 2.45) is 0 Å². The van der Waals surface area contributed by atoms with Gasteiger partial charge in [0.15, 0.2) is 0 Å². The highest BCUT2D eigenvalue weighted by atomic mass is 79.9. The fourth-order valence-electron chi connectivity index (χ4n) is 2.92. The van der Waals surface area contributed by atoms with Gasteiger partial charge in [0.2, 0.25) is 0 Å². The molecule has 1 aliphatic rings. The summed E-state index contributed by atoms with van der Waals surface area (Å²) < 4.78 is 1.11. The minimum atomic E-state index is -0.0898. The molecule has 1 aliphatic heterocycles. The molecule has 0 spiro atoms. The molecule has 1 aromatic heterocycles. The molecule has 122 valence electrons. The van der Waals surface area contributed by atoms with Crippen LogP contribution in [0.3, 0.4) is 0 Å². The molecule has 5 heteroatoms. The lowest BCUT2D eigenvalue weighted by Gasteiger charge is -2.21. The van der Waals surface area contributed by atoms with Crippen molar-refractivity contribution in [3.05, 3.63) is 49.6 Å². The summed E-state index contributed by atoms with van der Waals surface area (Å²) in [5, 5.41) is 10.3. The summed E-state index contributed by atoms with van der Waals surface area (Å²) in [4.78, 5) is 16.0. The second kappa shape index (κ2) is 6.65. The molecule has 0 aliphatic carbocycles. The number of halogens is 1. The molecule has 0 unspecified atom stereocenters. The van der Waals surface area contributed by atoms with Crippen molar-refractivity contribution in [1.29, 1.82) is 0 Å². The molecule has 1 aromatic carbocycles. The molecule has 0 fully saturated rings. The number of carbonyl (C=O) groups excluding carboxylic acids is 1. The topological polar surface area (TPSA) is 40.5 Å². The monoisotopic (exact) mass is 393 g/mol. The Morgan fingerprint density at radius 3 is 2.83 bits per heavy atom. The van der Waals surface area contributed by atoms with E-state index in [1.807, 2.05) is 11.0 Å². The second-order valence-corrected chi connectivity index (χ2v) is 8.78. The summed E-state index contributed by atoms with van der Waals surface area (Å²) in [6.45, 7) is 5.48. The molecule has 2 aromatic rings. The number of phenolic OH excluding ortho intramolecular Hbond substituents is 1. The van der Waals surface area contributed by atoms with Gasteiger partial charge in [0.25, 0.3) is 5.91 Å². The third kappa shape index (κ3) is 3.45. The standard InChI is InChI=1S/C18H20BrNO2S/c1-11(2)12-5-6-14(15(21)8-12)18(22)20-7-3-4-16-13(10-20)9-17(19)23-16/h5-6,8-9,11,21H,3-4,7,10H2,1-2H3. The number of nitrogens with zero attached hydrogens (tertiary/aromatic N) is 1. The van der Waals surface area contributed by atoms with Gasteiger partial charge in [-0.25, -0.2) is 0 Å². The van der Waals surface area contributed by atoms with E-state index in [9.17, 15) is 9.90 Å². The Kier molecular flexibility index (Phi) is 4.78. The fraction of sp³-hybridized carbons (Fsp3) is 0.389. The van der Waals surface area contributed by atoms with Crippen LogP contribution in [0.15, 0.2) is 28.1 Å². The largest absolute Gasteiger partial charge is 0.507 e. The van der Waals surface area contributed by atoms with Crippen LogP contribution in [0.1, 0.15) is 52.5 Å². The van der Waals surface area contributed by atoms with E-state index >= 15 is 0 Å². The molecule has 0 radical (unpaired) electrons. The van der Waals surface area contributed by atoms with Gasteiger partial charge in [-0.2, -0.15) is 0 Å². The number of carbonyl (C=O) groups is 1. The summed E-state index contributed by atoms with van der Waals surface area (Å²) in [7, 11) is 0. The van der Waals surface area contributed by atoms with E-state index in [0.29, 0.717) is 18.0 Å². The quantitative estimate of drug-likeness (QED) is 0.785. The maximum absolute atomic E-state index is 12.8. The Hall–Kier alpha value is -1.33. The predicted octanol–water partition coefficient (Wildman–Crippen LogP) is 4.93. The van der Waals surface area contributed by atoms with Gasteiger partial charge in [-0.3, -0.25) is 4.79 Å². The summed E-state index contributed by atoms with van der Waals surface area (Å²) >= 11 is 5.28. The first-order chi connectivity index (χ1) is 11.0. The molecule has 23 heavy (non-hydrogen) atoms. The van der Waals surface area contributed by atoms with Crippen molar-refractivity contribution < 1.29 is 9.90 Å². The molecular formula is C18H20BrNO2S. The molecule has 1 N–H and O–H groups in total. The molecule has 0 bridgehead atoms. The minimum Gasteiger partial charge on any atom is -0.507 e. The van der Waals surface area contributed by atoms with Gasteiger partial charge >= 0.3 is 0 Å². The Balaban J connectivity index is 1.85. The maximum Gasteiger partial charge on any atom is 0.257 e. The Morgan fingerprint density at radius 2 is 2.13 bits per heavy atom. The molecule has 1 amide bonds. The SMILES string of the molecule is CC(C)c1ccc(C(=O)N2CCCc3sc(Br)cc3C2)c(O)c1. The second-order valence-electron chi connectivity index (χ2n) is 6.26. The van der Waals surface area contributed by atoms with Gasteiger partial charge < -0.3 is 10.0 Å². The zero-order valence-electron chi connectivity index (χ0n) is 13.3. The third-order valence-corrected chi connectivity index (χ3v) is 6.01. The fourth-order valence-corrected chi connectivity index (χ4v) is 4.72. The highest BCUT2D eigenvalue weighted by Crippen LogP contribution is 2.32. The van der Waals surface area contributed by atoms with E-state index < -0.39 is 0 Å². The lowest BCUT2D eigenvalue weighted by Crippen LogP contribution is -2.30. The van der Waals surface area contributed by atoms with Crippen LogP contribution in [0.5, 0.6) is 5.75 Å². The van der Waals surface area contributed by atoms with E-state index in [0.717, 1.165) is 28.7 Å². The molecule has 0 saturated heterocycles. The zero-order valence-corrected chi connectivity index (χ0v) is 15.7. The number of phenols is 1. The van der Waals surface area contributed by atoms with E-state index in [1.165, 1.54) is 10.4 Å². The third-order valence-electron chi connectivity index (χ3n) is 4.27. The van der Waals surface area contributed by atoms with Crippen LogP contribution in [0.2, 0.25) is 0 Å². The molecule has 3 nitrogen and oxygen atoms in total. The number of amides is 1. The number of thiophene rings is 1. The lowest BCUT2D eigenvalue weighted by molar-refractivity contribution is 0.0743. The zero-order chi connectivity index (χ0) is 16.6. The van der Waals surface area contributed by atoms with Gasteiger partial charge in [-0.1, -0.05) is 19.9 Å². The van der Waals surface area contributed by atoms with Gasteiger partial charge in [-0.05, 0) is 64.0 Å². The average Bonchev–Trinajstić information content (AvgIpc) is 2.73. The molecule has 2 heterocycles. The van der Waals surface area contributed by atoms with Crippen LogP contribution < -0.4 is 0 Å². The van der Waals surface area contributed by atoms with Crippen molar-refractivity contribution >= 4 is 33.2 Å². The number of hydrogen-bond donors (Lipinski definition) is 1. The first kappa shape index (κ1) is 16.5. The lowest BCUT2D eigenvalue weighted by atomic mass is 10.0. The van der Waals surface area contributed by atoms with Crippen LogP contribution in [-0.4, -0.2) is 22.5 Å². The van der Waals surface area contributed by atoms with E-state index in [4.69, 9.17) is 0 Å². The molecular weight excluding hydrogens is 374 g/mol. The van der Waals surface area contributed by atoms with Gasteiger partial charge in [0.05, 0.1) is 9.35 Å². The predicted molar refractivity (Wildman–Crippen MR) is 97.3 cm³/mol. The van der Waals surface area contributed by atoms with Crippen molar-refractivity contribution in [2.75, 3.05) is 6.54 Å². The van der Waals surface area contributed by atoms with Crippen LogP contribution in [0, 0.1) is 0 Å². The summed E-state index contributed by atoms with van der Waals surface area (Å²) in [5.41, 5.74) is 2.65. The van der Waals surface area contributed by atoms with Crippen LogP contribution in [0.25, 0.3) is 0 Å². The summed E-state index contributed by atoms with van der Waals surface area (Å²) in [6, 6.07) is 7.50. The number of hydrogen-bond acceptors (Lipinski definition) is 3. The first-order valence-corrected chi connectivity index (χ1v) is 9.46. The summed E-state index contributed by atoms with van der Waals surface area (Å²) in [5.74, 6) is 0.319. The average molecular weight is 394 g/mol.